The third-order valence-electron chi connectivity index (χ3n) is 14.3. The highest BCUT2D eigenvalue weighted by Gasteiger charge is 2.18. The van der Waals surface area contributed by atoms with Gasteiger partial charge in [0.2, 0.25) is 5.91 Å². The molecule has 2 unspecified atom stereocenters. The van der Waals surface area contributed by atoms with Crippen LogP contribution in [0.15, 0.2) is 48.6 Å². The highest BCUT2D eigenvalue weighted by molar-refractivity contribution is 5.76. The van der Waals surface area contributed by atoms with E-state index in [1.807, 2.05) is 6.08 Å². The molecule has 3 N–H and O–H groups in total. The van der Waals surface area contributed by atoms with Gasteiger partial charge in [-0.1, -0.05) is 274 Å². The third-order valence-corrected chi connectivity index (χ3v) is 14.3. The summed E-state index contributed by atoms with van der Waals surface area (Å²) in [7, 11) is 0. The Morgan fingerprint density at radius 3 is 1.10 bits per heavy atom. The van der Waals surface area contributed by atoms with E-state index in [9.17, 15) is 19.8 Å². The molecule has 0 saturated carbocycles. The highest BCUT2D eigenvalue weighted by atomic mass is 16.5. The molecule has 0 heterocycles. The Balaban J connectivity index is 3.51. The average molecular weight is 997 g/mol. The molecular formula is C65H121NO5. The zero-order valence-electron chi connectivity index (χ0n) is 47.5. The number of rotatable bonds is 58. The number of amides is 1. The number of hydrogen-bond donors (Lipinski definition) is 3. The van der Waals surface area contributed by atoms with Crippen LogP contribution < -0.4 is 5.32 Å². The minimum Gasteiger partial charge on any atom is -0.466 e. The van der Waals surface area contributed by atoms with E-state index in [2.05, 4.69) is 55.6 Å². The zero-order chi connectivity index (χ0) is 51.4. The Morgan fingerprint density at radius 2 is 0.704 bits per heavy atom. The maximum Gasteiger partial charge on any atom is 0.305 e. The van der Waals surface area contributed by atoms with Crippen LogP contribution in [0.5, 0.6) is 0 Å². The van der Waals surface area contributed by atoms with Crippen LogP contribution in [0, 0.1) is 0 Å². The van der Waals surface area contributed by atoms with Crippen molar-refractivity contribution in [2.24, 2.45) is 0 Å². The SMILES string of the molecule is CCCCCC/C=C\C/C=C\CCCCCCCC(=O)OCCCCCC/C=C\CCCCCCCCCC(=O)NC(CO)C(O)/C=C/CCCCCCCCCCCCCCCCCCCCCCC. The number of aliphatic hydroxyl groups is 2. The molecule has 0 fully saturated rings. The number of nitrogens with one attached hydrogen (secondary N) is 1. The number of aliphatic hydroxyl groups excluding tert-OH is 2. The Hall–Kier alpha value is -2.18. The van der Waals surface area contributed by atoms with Gasteiger partial charge in [-0.3, -0.25) is 9.59 Å². The lowest BCUT2D eigenvalue weighted by atomic mass is 10.0. The third kappa shape index (κ3) is 57.0. The van der Waals surface area contributed by atoms with Crippen LogP contribution in [-0.2, 0) is 14.3 Å². The van der Waals surface area contributed by atoms with E-state index >= 15 is 0 Å². The number of carbonyl (C=O) groups is 2. The first-order valence-electron chi connectivity index (χ1n) is 31.4. The van der Waals surface area contributed by atoms with E-state index in [1.54, 1.807) is 6.08 Å². The summed E-state index contributed by atoms with van der Waals surface area (Å²) in [6.45, 7) is 4.86. The van der Waals surface area contributed by atoms with Crippen molar-refractivity contribution >= 4 is 11.9 Å². The molecule has 0 aromatic heterocycles. The molecule has 71 heavy (non-hydrogen) atoms. The van der Waals surface area contributed by atoms with E-state index in [0.717, 1.165) is 83.5 Å². The van der Waals surface area contributed by atoms with Crippen molar-refractivity contribution in [1.29, 1.82) is 0 Å². The van der Waals surface area contributed by atoms with Crippen molar-refractivity contribution in [2.75, 3.05) is 13.2 Å². The van der Waals surface area contributed by atoms with Crippen LogP contribution in [-0.4, -0.2) is 47.4 Å². The summed E-state index contributed by atoms with van der Waals surface area (Å²) in [6.07, 6.45) is 77.2. The number of hydrogen-bond acceptors (Lipinski definition) is 5. The van der Waals surface area contributed by atoms with Gasteiger partial charge in [-0.15, -0.1) is 0 Å². The normalized spacial score (nSPS) is 12.9. The zero-order valence-corrected chi connectivity index (χ0v) is 47.5. The summed E-state index contributed by atoms with van der Waals surface area (Å²) in [5.74, 6) is -0.106. The smallest absolute Gasteiger partial charge is 0.305 e. The average Bonchev–Trinajstić information content (AvgIpc) is 3.37. The predicted octanol–water partition coefficient (Wildman–Crippen LogP) is 19.7. The minimum absolute atomic E-state index is 0.0246. The van der Waals surface area contributed by atoms with E-state index < -0.39 is 12.1 Å². The van der Waals surface area contributed by atoms with Crippen molar-refractivity contribution in [2.45, 2.75) is 341 Å². The quantitative estimate of drug-likeness (QED) is 0.0321. The summed E-state index contributed by atoms with van der Waals surface area (Å²) in [6, 6.07) is -0.642. The molecule has 416 valence electrons. The van der Waals surface area contributed by atoms with E-state index in [1.165, 1.54) is 218 Å². The Bertz CT molecular complexity index is 1190. The van der Waals surface area contributed by atoms with Crippen LogP contribution in [0.3, 0.4) is 0 Å². The molecule has 0 radical (unpaired) electrons. The van der Waals surface area contributed by atoms with E-state index in [-0.39, 0.29) is 18.5 Å². The molecular weight excluding hydrogens is 875 g/mol. The summed E-state index contributed by atoms with van der Waals surface area (Å²) >= 11 is 0. The molecule has 0 spiro atoms. The van der Waals surface area contributed by atoms with Crippen molar-refractivity contribution < 1.29 is 24.5 Å². The second-order valence-electron chi connectivity index (χ2n) is 21.4. The van der Waals surface area contributed by atoms with Crippen LogP contribution in [0.4, 0.5) is 0 Å². The van der Waals surface area contributed by atoms with Gasteiger partial charge in [0, 0.05) is 12.8 Å². The highest BCUT2D eigenvalue weighted by Crippen LogP contribution is 2.17. The number of unbranched alkanes of at least 4 members (excludes halogenated alkanes) is 41. The first-order valence-corrected chi connectivity index (χ1v) is 31.4. The van der Waals surface area contributed by atoms with Gasteiger partial charge in [0.15, 0.2) is 0 Å². The Kier molecular flexibility index (Phi) is 58.5. The van der Waals surface area contributed by atoms with Gasteiger partial charge in [0.1, 0.15) is 0 Å². The van der Waals surface area contributed by atoms with Gasteiger partial charge in [-0.2, -0.15) is 0 Å². The lowest BCUT2D eigenvalue weighted by molar-refractivity contribution is -0.143. The second-order valence-corrected chi connectivity index (χ2v) is 21.4. The van der Waals surface area contributed by atoms with Gasteiger partial charge >= 0.3 is 5.97 Å². The van der Waals surface area contributed by atoms with Gasteiger partial charge in [-0.05, 0) is 89.9 Å². The van der Waals surface area contributed by atoms with Crippen LogP contribution in [0.25, 0.3) is 0 Å². The largest absolute Gasteiger partial charge is 0.466 e. The first-order chi connectivity index (χ1) is 35.0. The summed E-state index contributed by atoms with van der Waals surface area (Å²) in [4.78, 5) is 24.6. The molecule has 0 saturated heterocycles. The molecule has 1 amide bonds. The number of esters is 1. The van der Waals surface area contributed by atoms with Gasteiger partial charge in [0.25, 0.3) is 0 Å². The lowest BCUT2D eigenvalue weighted by Gasteiger charge is -2.20. The molecule has 2 atom stereocenters. The van der Waals surface area contributed by atoms with Crippen molar-refractivity contribution in [1.82, 2.24) is 5.32 Å². The first kappa shape index (κ1) is 68.8. The molecule has 0 aromatic rings. The maximum absolute atomic E-state index is 12.5. The fraction of sp³-hybridized carbons (Fsp3) is 0.846. The molecule has 0 aliphatic heterocycles. The van der Waals surface area contributed by atoms with Crippen LogP contribution >= 0.6 is 0 Å². The molecule has 0 bridgehead atoms. The summed E-state index contributed by atoms with van der Waals surface area (Å²) in [5.41, 5.74) is 0. The van der Waals surface area contributed by atoms with E-state index in [0.29, 0.717) is 19.4 Å². The monoisotopic (exact) mass is 996 g/mol. The number of carbonyl (C=O) groups excluding carboxylic acids is 2. The van der Waals surface area contributed by atoms with E-state index in [4.69, 9.17) is 4.74 Å². The molecule has 0 aliphatic rings. The van der Waals surface area contributed by atoms with Crippen molar-refractivity contribution in [3.63, 3.8) is 0 Å². The molecule has 6 heteroatoms. The molecule has 0 aliphatic carbocycles. The minimum atomic E-state index is -0.857. The molecule has 6 nitrogen and oxygen atoms in total. The van der Waals surface area contributed by atoms with Gasteiger partial charge in [0.05, 0.1) is 25.4 Å². The Labute approximate surface area is 442 Å². The Morgan fingerprint density at radius 1 is 0.394 bits per heavy atom. The lowest BCUT2D eigenvalue weighted by Crippen LogP contribution is -2.45. The van der Waals surface area contributed by atoms with Crippen LogP contribution in [0.2, 0.25) is 0 Å². The maximum atomic E-state index is 12.5. The van der Waals surface area contributed by atoms with Crippen molar-refractivity contribution in [3.8, 4) is 0 Å². The van der Waals surface area contributed by atoms with Gasteiger partial charge in [-0.25, -0.2) is 0 Å². The fourth-order valence-corrected chi connectivity index (χ4v) is 9.48. The van der Waals surface area contributed by atoms with Crippen LogP contribution in [0.1, 0.15) is 328 Å². The summed E-state index contributed by atoms with van der Waals surface area (Å²) in [5, 5.41) is 23.2. The topological polar surface area (TPSA) is 95.9 Å². The number of ether oxygens (including phenoxy) is 1. The standard InChI is InChI=1S/C65H121NO5/c1-3-5-7-9-11-13-15-17-19-21-22-23-24-25-26-27-29-33-37-41-45-49-53-57-63(68)62(61-67)66-64(69)58-54-50-46-42-38-34-30-28-32-36-40-44-48-52-56-60-71-65(70)59-55-51-47-43-39-35-31-20-18-16-14-12-10-8-6-4-2/h14,16,20,31-32,36,53,57,62-63,67-68H,3-13,15,17-19,21-30,33-35,37-52,54-56,58-61H2,1-2H3,(H,66,69)/b16-14-,31-20-,36-32-,57-53+. The molecule has 0 aromatic carbocycles. The number of allylic oxidation sites excluding steroid dienone is 7. The summed E-state index contributed by atoms with van der Waals surface area (Å²) < 4.78 is 5.46. The molecule has 0 rings (SSSR count). The van der Waals surface area contributed by atoms with Gasteiger partial charge < -0.3 is 20.3 Å². The fourth-order valence-electron chi connectivity index (χ4n) is 9.48. The predicted molar refractivity (Wildman–Crippen MR) is 310 cm³/mol. The van der Waals surface area contributed by atoms with Crippen molar-refractivity contribution in [3.05, 3.63) is 48.6 Å². The second kappa shape index (κ2) is 60.4.